The van der Waals surface area contributed by atoms with E-state index in [4.69, 9.17) is 10.00 Å². The first-order valence-corrected chi connectivity index (χ1v) is 6.41. The summed E-state index contributed by atoms with van der Waals surface area (Å²) in [6, 6.07) is 17.7. The van der Waals surface area contributed by atoms with Crippen molar-refractivity contribution in [3.05, 3.63) is 65.2 Å². The molecule has 0 aromatic heterocycles. The number of nitriles is 1. The topological polar surface area (TPSA) is 33.0 Å². The monoisotopic (exact) mass is 251 g/mol. The molecule has 0 fully saturated rings. The Bertz CT molecular complexity index is 596. The van der Waals surface area contributed by atoms with Crippen LogP contribution in [0.5, 0.6) is 5.75 Å². The van der Waals surface area contributed by atoms with E-state index in [2.05, 4.69) is 38.1 Å². The van der Waals surface area contributed by atoms with E-state index in [0.717, 1.165) is 5.75 Å². The van der Waals surface area contributed by atoms with Gasteiger partial charge in [0.2, 0.25) is 0 Å². The lowest BCUT2D eigenvalue weighted by molar-refractivity contribution is 0.304. The summed E-state index contributed by atoms with van der Waals surface area (Å²) in [5.41, 5.74) is 3.12. The molecule has 2 heteroatoms. The third-order valence-electron chi connectivity index (χ3n) is 3.03. The minimum atomic E-state index is 0.477. The van der Waals surface area contributed by atoms with Gasteiger partial charge in [-0.25, -0.2) is 0 Å². The molecule has 2 aromatic rings. The molecule has 0 bridgehead atoms. The molecule has 0 N–H and O–H groups in total. The zero-order valence-electron chi connectivity index (χ0n) is 11.3. The van der Waals surface area contributed by atoms with Gasteiger partial charge in [-0.3, -0.25) is 0 Å². The lowest BCUT2D eigenvalue weighted by Crippen LogP contribution is -2.01. The van der Waals surface area contributed by atoms with Gasteiger partial charge in [-0.05, 0) is 35.2 Å². The molecule has 0 aliphatic heterocycles. The van der Waals surface area contributed by atoms with E-state index >= 15 is 0 Å². The Kier molecular flexibility index (Phi) is 4.20. The van der Waals surface area contributed by atoms with Crippen molar-refractivity contribution in [2.24, 2.45) is 0 Å². The van der Waals surface area contributed by atoms with Gasteiger partial charge in [0.25, 0.3) is 0 Å². The summed E-state index contributed by atoms with van der Waals surface area (Å²) >= 11 is 0. The van der Waals surface area contributed by atoms with E-state index in [-0.39, 0.29) is 0 Å². The van der Waals surface area contributed by atoms with Gasteiger partial charge in [0, 0.05) is 0 Å². The van der Waals surface area contributed by atoms with Gasteiger partial charge in [0.05, 0.1) is 11.6 Å². The van der Waals surface area contributed by atoms with Crippen LogP contribution in [-0.4, -0.2) is 0 Å². The van der Waals surface area contributed by atoms with Crippen LogP contribution in [-0.2, 0) is 6.61 Å². The first-order chi connectivity index (χ1) is 9.20. The van der Waals surface area contributed by atoms with Crippen LogP contribution in [0.4, 0.5) is 0 Å². The molecule has 96 valence electrons. The van der Waals surface area contributed by atoms with Crippen LogP contribution in [0.25, 0.3) is 0 Å². The summed E-state index contributed by atoms with van der Waals surface area (Å²) in [5.74, 6) is 1.21. The van der Waals surface area contributed by atoms with Crippen molar-refractivity contribution in [3.8, 4) is 11.8 Å². The molecule has 2 nitrogen and oxygen atoms in total. The Hall–Kier alpha value is -2.27. The molecular weight excluding hydrogens is 234 g/mol. The molecule has 0 spiro atoms. The van der Waals surface area contributed by atoms with Crippen LogP contribution < -0.4 is 4.74 Å². The van der Waals surface area contributed by atoms with E-state index in [0.29, 0.717) is 18.1 Å². The van der Waals surface area contributed by atoms with Crippen LogP contribution in [0.2, 0.25) is 0 Å². The zero-order valence-corrected chi connectivity index (χ0v) is 11.3. The average Bonchev–Trinajstić information content (AvgIpc) is 2.45. The van der Waals surface area contributed by atoms with Crippen LogP contribution in [0.3, 0.4) is 0 Å². The fourth-order valence-electron chi connectivity index (χ4n) is 2.05. The molecule has 0 saturated carbocycles. The quantitative estimate of drug-likeness (QED) is 0.813. The number of nitrogens with zero attached hydrogens (tertiary/aromatic N) is 1. The minimum absolute atomic E-state index is 0.477. The summed E-state index contributed by atoms with van der Waals surface area (Å²) in [6.07, 6.45) is 0. The van der Waals surface area contributed by atoms with Gasteiger partial charge in [0.15, 0.2) is 0 Å². The minimum Gasteiger partial charge on any atom is -0.489 e. The van der Waals surface area contributed by atoms with Gasteiger partial charge >= 0.3 is 0 Å². The van der Waals surface area contributed by atoms with Crippen LogP contribution >= 0.6 is 0 Å². The third-order valence-corrected chi connectivity index (χ3v) is 3.03. The Morgan fingerprint density at radius 3 is 2.63 bits per heavy atom. The summed E-state index contributed by atoms with van der Waals surface area (Å²) < 4.78 is 5.77. The molecule has 0 aliphatic rings. The van der Waals surface area contributed by atoms with Crippen molar-refractivity contribution in [2.75, 3.05) is 0 Å². The van der Waals surface area contributed by atoms with Crippen LogP contribution in [0.15, 0.2) is 48.5 Å². The second kappa shape index (κ2) is 6.06. The predicted molar refractivity (Wildman–Crippen MR) is 76.0 cm³/mol. The van der Waals surface area contributed by atoms with Crippen LogP contribution in [0, 0.1) is 11.3 Å². The highest BCUT2D eigenvalue weighted by atomic mass is 16.5. The van der Waals surface area contributed by atoms with Gasteiger partial charge in [-0.15, -0.1) is 0 Å². The molecule has 0 radical (unpaired) electrons. The van der Waals surface area contributed by atoms with Crippen molar-refractivity contribution in [1.29, 1.82) is 5.26 Å². The number of hydrogen-bond acceptors (Lipinski definition) is 2. The van der Waals surface area contributed by atoms with Crippen LogP contribution in [0.1, 0.15) is 36.5 Å². The highest BCUT2D eigenvalue weighted by molar-refractivity contribution is 5.36. The Balaban J connectivity index is 2.12. The summed E-state index contributed by atoms with van der Waals surface area (Å²) in [4.78, 5) is 0. The van der Waals surface area contributed by atoms with E-state index in [9.17, 15) is 0 Å². The predicted octanol–water partition coefficient (Wildman–Crippen LogP) is 4.26. The van der Waals surface area contributed by atoms with E-state index < -0.39 is 0 Å². The van der Waals surface area contributed by atoms with E-state index in [1.807, 2.05) is 18.2 Å². The van der Waals surface area contributed by atoms with Crippen molar-refractivity contribution in [1.82, 2.24) is 0 Å². The number of rotatable bonds is 4. The van der Waals surface area contributed by atoms with Gasteiger partial charge in [-0.1, -0.05) is 44.2 Å². The molecule has 19 heavy (non-hydrogen) atoms. The van der Waals surface area contributed by atoms with Gasteiger partial charge in [0.1, 0.15) is 12.4 Å². The highest BCUT2D eigenvalue weighted by Gasteiger charge is 2.06. The zero-order chi connectivity index (χ0) is 13.7. The second-order valence-electron chi connectivity index (χ2n) is 4.78. The maximum absolute atomic E-state index is 8.86. The molecule has 2 aromatic carbocycles. The maximum atomic E-state index is 8.86. The van der Waals surface area contributed by atoms with Crippen molar-refractivity contribution in [2.45, 2.75) is 26.4 Å². The highest BCUT2D eigenvalue weighted by Crippen LogP contribution is 2.21. The van der Waals surface area contributed by atoms with Crippen molar-refractivity contribution < 1.29 is 4.74 Å². The van der Waals surface area contributed by atoms with E-state index in [1.165, 1.54) is 11.1 Å². The number of ether oxygens (including phenoxy) is 1. The van der Waals surface area contributed by atoms with Crippen molar-refractivity contribution >= 4 is 0 Å². The molecule has 0 heterocycles. The molecule has 0 amide bonds. The number of hydrogen-bond donors (Lipinski definition) is 0. The normalized spacial score (nSPS) is 10.2. The fourth-order valence-corrected chi connectivity index (χ4v) is 2.05. The second-order valence-corrected chi connectivity index (χ2v) is 4.78. The molecule has 0 aliphatic carbocycles. The summed E-state index contributed by atoms with van der Waals surface area (Å²) in [7, 11) is 0. The average molecular weight is 251 g/mol. The first kappa shape index (κ1) is 13.2. The fraction of sp³-hybridized carbons (Fsp3) is 0.235. The Morgan fingerprint density at radius 1 is 1.11 bits per heavy atom. The van der Waals surface area contributed by atoms with Gasteiger partial charge in [-0.2, -0.15) is 5.26 Å². The molecule has 0 saturated heterocycles. The maximum Gasteiger partial charge on any atom is 0.121 e. The SMILES string of the molecule is CC(C)c1ccccc1COc1cccc(C#N)c1. The Labute approximate surface area is 114 Å². The lowest BCUT2D eigenvalue weighted by Gasteiger charge is -2.13. The lowest BCUT2D eigenvalue weighted by atomic mass is 9.98. The smallest absolute Gasteiger partial charge is 0.121 e. The summed E-state index contributed by atoms with van der Waals surface area (Å²) in [5, 5.41) is 8.86. The van der Waals surface area contributed by atoms with Crippen molar-refractivity contribution in [3.63, 3.8) is 0 Å². The summed E-state index contributed by atoms with van der Waals surface area (Å²) in [6.45, 7) is 4.88. The van der Waals surface area contributed by atoms with E-state index in [1.54, 1.807) is 12.1 Å². The molecule has 0 unspecified atom stereocenters. The standard InChI is InChI=1S/C17H17NO/c1-13(2)17-9-4-3-7-15(17)12-19-16-8-5-6-14(10-16)11-18/h3-10,13H,12H2,1-2H3. The molecule has 2 rings (SSSR count). The molecular formula is C17H17NO. The first-order valence-electron chi connectivity index (χ1n) is 6.41. The number of benzene rings is 2. The van der Waals surface area contributed by atoms with Gasteiger partial charge < -0.3 is 4.74 Å². The third kappa shape index (κ3) is 3.35. The molecule has 0 atom stereocenters. The largest absolute Gasteiger partial charge is 0.489 e. The Morgan fingerprint density at radius 2 is 1.89 bits per heavy atom.